The number of oxime groups is 1. The highest BCUT2D eigenvalue weighted by Gasteiger charge is 2.24. The molecule has 3 aromatic rings. The summed E-state index contributed by atoms with van der Waals surface area (Å²) in [6, 6.07) is 13.3. The first-order valence-corrected chi connectivity index (χ1v) is 14.5. The molecule has 0 spiro atoms. The molecule has 3 rings (SSSR count). The van der Waals surface area contributed by atoms with Gasteiger partial charge in [0.2, 0.25) is 0 Å². The zero-order valence-corrected chi connectivity index (χ0v) is 24.0. The molecular formula is C29H33F2N3O6S. The van der Waals surface area contributed by atoms with Crippen molar-refractivity contribution in [3.8, 4) is 5.75 Å². The van der Waals surface area contributed by atoms with E-state index in [9.17, 15) is 27.1 Å². The molecule has 9 nitrogen and oxygen atoms in total. The van der Waals surface area contributed by atoms with E-state index in [2.05, 4.69) is 15.8 Å². The maximum atomic E-state index is 13.9. The lowest BCUT2D eigenvalue weighted by Crippen LogP contribution is -2.48. The van der Waals surface area contributed by atoms with Crippen molar-refractivity contribution in [2.75, 3.05) is 27.0 Å². The Kier molecular flexibility index (Phi) is 10.9. The molecule has 0 heterocycles. The number of ether oxygens (including phenoxy) is 1. The van der Waals surface area contributed by atoms with Gasteiger partial charge in [-0.1, -0.05) is 17.3 Å². The third-order valence-electron chi connectivity index (χ3n) is 6.22. The monoisotopic (exact) mass is 589 g/mol. The molecule has 0 aliphatic carbocycles. The fourth-order valence-corrected chi connectivity index (χ4v) is 4.83. The maximum absolute atomic E-state index is 13.9. The average Bonchev–Trinajstić information content (AvgIpc) is 2.91. The van der Waals surface area contributed by atoms with Gasteiger partial charge in [0.1, 0.15) is 24.5 Å². The Bertz CT molecular complexity index is 1490. The number of hydrogen-bond acceptors (Lipinski definition) is 8. The van der Waals surface area contributed by atoms with Crippen LogP contribution in [0.15, 0.2) is 70.7 Å². The number of nitrogens with one attached hydrogen (secondary N) is 2. The van der Waals surface area contributed by atoms with Crippen molar-refractivity contribution in [2.45, 2.75) is 36.9 Å². The van der Waals surface area contributed by atoms with Crippen LogP contribution in [0.5, 0.6) is 5.75 Å². The Morgan fingerprint density at radius 3 is 2.32 bits per heavy atom. The van der Waals surface area contributed by atoms with Crippen LogP contribution in [0, 0.1) is 11.6 Å². The first-order valence-electron chi connectivity index (χ1n) is 12.6. The normalized spacial score (nSPS) is 13.4. The second-order valence-electron chi connectivity index (χ2n) is 9.49. The molecule has 0 bridgehead atoms. The lowest BCUT2D eigenvalue weighted by atomic mass is 9.99. The van der Waals surface area contributed by atoms with Gasteiger partial charge in [0, 0.05) is 36.5 Å². The standard InChI is InChI=1S/C29H33F2N3O6S/c1-18(34-40-3)21-12-22(14-26(13-21)41(4,37)38)29(36)33-27(11-20-8-23(30)15-24(31)9-20)28(35)17-32-16-19-6-5-7-25(10-19)39-2/h5-10,12-15,27-28,32,35H,11,16-17H2,1-4H3,(H,33,36)/b34-18-/t27-,28-/m0/s1. The minimum absolute atomic E-state index is 0.0134. The lowest BCUT2D eigenvalue weighted by Gasteiger charge is -2.25. The van der Waals surface area contributed by atoms with Crippen molar-refractivity contribution in [2.24, 2.45) is 5.16 Å². The number of amides is 1. The first-order chi connectivity index (χ1) is 19.4. The quantitative estimate of drug-likeness (QED) is 0.206. The van der Waals surface area contributed by atoms with Crippen molar-refractivity contribution >= 4 is 21.5 Å². The number of benzene rings is 3. The molecule has 0 aliphatic heterocycles. The molecule has 2 atom stereocenters. The van der Waals surface area contributed by atoms with Crippen LogP contribution in [0.2, 0.25) is 0 Å². The average molecular weight is 590 g/mol. The van der Waals surface area contributed by atoms with Crippen molar-refractivity contribution < 1.29 is 36.7 Å². The minimum Gasteiger partial charge on any atom is -0.497 e. The third kappa shape index (κ3) is 9.34. The molecule has 0 unspecified atom stereocenters. The van der Waals surface area contributed by atoms with Gasteiger partial charge in [-0.25, -0.2) is 17.2 Å². The molecule has 0 fully saturated rings. The lowest BCUT2D eigenvalue weighted by molar-refractivity contribution is 0.0829. The van der Waals surface area contributed by atoms with Crippen molar-refractivity contribution in [3.05, 3.63) is 94.6 Å². The number of halogens is 2. The van der Waals surface area contributed by atoms with Gasteiger partial charge < -0.3 is 25.3 Å². The third-order valence-corrected chi connectivity index (χ3v) is 7.31. The second kappa shape index (κ2) is 14.2. The van der Waals surface area contributed by atoms with E-state index in [4.69, 9.17) is 9.57 Å². The van der Waals surface area contributed by atoms with E-state index in [0.717, 1.165) is 30.0 Å². The summed E-state index contributed by atoms with van der Waals surface area (Å²) < 4.78 is 57.7. The van der Waals surface area contributed by atoms with E-state index < -0.39 is 39.5 Å². The van der Waals surface area contributed by atoms with Crippen molar-refractivity contribution in [1.82, 2.24) is 10.6 Å². The summed E-state index contributed by atoms with van der Waals surface area (Å²) in [4.78, 5) is 18.1. The Labute approximate surface area is 238 Å². The van der Waals surface area contributed by atoms with E-state index in [1.54, 1.807) is 20.1 Å². The fraction of sp³-hybridized carbons (Fsp3) is 0.310. The molecule has 0 aliphatic rings. The zero-order chi connectivity index (χ0) is 30.2. The molecule has 0 saturated carbocycles. The summed E-state index contributed by atoms with van der Waals surface area (Å²) in [5.74, 6) is -1.62. The van der Waals surface area contributed by atoms with E-state index in [0.29, 0.717) is 23.6 Å². The number of aliphatic hydroxyl groups excluding tert-OH is 1. The molecule has 41 heavy (non-hydrogen) atoms. The molecule has 3 aromatic carbocycles. The second-order valence-corrected chi connectivity index (χ2v) is 11.5. The first kappa shape index (κ1) is 31.7. The van der Waals surface area contributed by atoms with E-state index in [1.165, 1.54) is 25.3 Å². The highest BCUT2D eigenvalue weighted by Crippen LogP contribution is 2.18. The van der Waals surface area contributed by atoms with Gasteiger partial charge in [-0.3, -0.25) is 4.79 Å². The molecule has 0 saturated heterocycles. The predicted molar refractivity (Wildman–Crippen MR) is 151 cm³/mol. The van der Waals surface area contributed by atoms with Crippen LogP contribution in [0.1, 0.15) is 34.0 Å². The zero-order valence-electron chi connectivity index (χ0n) is 23.1. The van der Waals surface area contributed by atoms with E-state index in [-0.39, 0.29) is 29.0 Å². The van der Waals surface area contributed by atoms with Crippen LogP contribution in [-0.4, -0.2) is 64.3 Å². The summed E-state index contributed by atoms with van der Waals surface area (Å²) in [6.45, 7) is 1.99. The Morgan fingerprint density at radius 2 is 1.68 bits per heavy atom. The Balaban J connectivity index is 1.87. The molecule has 0 radical (unpaired) electrons. The summed E-state index contributed by atoms with van der Waals surface area (Å²) in [5.41, 5.74) is 1.76. The molecular weight excluding hydrogens is 556 g/mol. The largest absolute Gasteiger partial charge is 0.497 e. The Hall–Kier alpha value is -3.87. The number of rotatable bonds is 13. The minimum atomic E-state index is -3.70. The SMILES string of the molecule is CO/N=C(/C)c1cc(C(=O)N[C@@H](Cc2cc(F)cc(F)c2)[C@@H](O)CNCc2cccc(OC)c2)cc(S(C)(=O)=O)c1. The van der Waals surface area contributed by atoms with Crippen LogP contribution >= 0.6 is 0 Å². The number of methoxy groups -OCH3 is 1. The Morgan fingerprint density at radius 1 is 1.00 bits per heavy atom. The molecule has 1 amide bonds. The van der Waals surface area contributed by atoms with Crippen LogP contribution in [-0.2, 0) is 27.6 Å². The molecule has 0 aromatic heterocycles. The maximum Gasteiger partial charge on any atom is 0.251 e. The highest BCUT2D eigenvalue weighted by atomic mass is 32.2. The van der Waals surface area contributed by atoms with Gasteiger partial charge in [0.15, 0.2) is 9.84 Å². The number of aliphatic hydroxyl groups is 1. The molecule has 12 heteroatoms. The molecule has 220 valence electrons. The summed E-state index contributed by atoms with van der Waals surface area (Å²) in [7, 11) is -0.815. The van der Waals surface area contributed by atoms with E-state index >= 15 is 0 Å². The number of nitrogens with zero attached hydrogens (tertiary/aromatic N) is 1. The van der Waals surface area contributed by atoms with Gasteiger partial charge >= 0.3 is 0 Å². The van der Waals surface area contributed by atoms with Gasteiger partial charge in [-0.05, 0) is 66.9 Å². The number of sulfone groups is 1. The summed E-state index contributed by atoms with van der Waals surface area (Å²) in [6.07, 6.45) is -0.286. The van der Waals surface area contributed by atoms with Crippen LogP contribution in [0.25, 0.3) is 0 Å². The van der Waals surface area contributed by atoms with Gasteiger partial charge in [0.25, 0.3) is 5.91 Å². The summed E-state index contributed by atoms with van der Waals surface area (Å²) >= 11 is 0. The van der Waals surface area contributed by atoms with Crippen molar-refractivity contribution in [1.29, 1.82) is 0 Å². The fourth-order valence-electron chi connectivity index (χ4n) is 4.15. The van der Waals surface area contributed by atoms with Gasteiger partial charge in [-0.2, -0.15) is 0 Å². The number of carbonyl (C=O) groups excluding carboxylic acids is 1. The topological polar surface area (TPSA) is 126 Å². The van der Waals surface area contributed by atoms with Crippen LogP contribution < -0.4 is 15.4 Å². The van der Waals surface area contributed by atoms with Crippen molar-refractivity contribution in [3.63, 3.8) is 0 Å². The van der Waals surface area contributed by atoms with Gasteiger partial charge in [-0.15, -0.1) is 0 Å². The highest BCUT2D eigenvalue weighted by molar-refractivity contribution is 7.90. The summed E-state index contributed by atoms with van der Waals surface area (Å²) in [5, 5.41) is 20.7. The predicted octanol–water partition coefficient (Wildman–Crippen LogP) is 3.24. The molecule has 3 N–H and O–H groups in total. The number of hydrogen-bond donors (Lipinski definition) is 3. The van der Waals surface area contributed by atoms with Crippen LogP contribution in [0.4, 0.5) is 8.78 Å². The van der Waals surface area contributed by atoms with Crippen LogP contribution in [0.3, 0.4) is 0 Å². The smallest absolute Gasteiger partial charge is 0.251 e. The van der Waals surface area contributed by atoms with E-state index in [1.807, 2.05) is 18.2 Å². The number of carbonyl (C=O) groups is 1. The van der Waals surface area contributed by atoms with Gasteiger partial charge in [0.05, 0.1) is 29.9 Å².